The molecule has 3 aromatic rings. The summed E-state index contributed by atoms with van der Waals surface area (Å²) in [5, 5.41) is 16.3. The predicted octanol–water partition coefficient (Wildman–Crippen LogP) is 5.68. The molecule has 0 aliphatic heterocycles. The standard InChI is InChI=1S/C24H26FN3O2/c1-15(2)10-11-26-24-13-18(17-4-7-20(8-5-17)27-16(3)29)12-22(28-24)21-14-19(25)6-9-23(21)30/h4-9,12-15,30H,10-11H2,1-3H3,(H,26,28)(H,27,29). The Morgan fingerprint density at radius 3 is 2.47 bits per heavy atom. The number of benzene rings is 2. The molecule has 1 heterocycles. The topological polar surface area (TPSA) is 74.2 Å². The van der Waals surface area contributed by atoms with Gasteiger partial charge in [0.05, 0.1) is 5.69 Å². The maximum Gasteiger partial charge on any atom is 0.221 e. The third-order valence-electron chi connectivity index (χ3n) is 4.63. The van der Waals surface area contributed by atoms with Gasteiger partial charge in [0, 0.05) is 24.7 Å². The fourth-order valence-electron chi connectivity index (χ4n) is 3.08. The molecule has 0 bridgehead atoms. The first kappa shape index (κ1) is 21.3. The van der Waals surface area contributed by atoms with E-state index in [1.807, 2.05) is 36.4 Å². The SMILES string of the molecule is CC(=O)Nc1ccc(-c2cc(NCCC(C)C)nc(-c3cc(F)ccc3O)c2)cc1. The van der Waals surface area contributed by atoms with Gasteiger partial charge in [-0.1, -0.05) is 26.0 Å². The number of phenols is 1. The second kappa shape index (κ2) is 9.39. The Bertz CT molecular complexity index is 1030. The molecule has 6 heteroatoms. The summed E-state index contributed by atoms with van der Waals surface area (Å²) in [6.07, 6.45) is 0.984. The number of carbonyl (C=O) groups excluding carboxylic acids is 1. The summed E-state index contributed by atoms with van der Waals surface area (Å²) in [5.74, 6) is 0.595. The number of aromatic nitrogens is 1. The number of anilines is 2. The van der Waals surface area contributed by atoms with Crippen LogP contribution in [0.15, 0.2) is 54.6 Å². The van der Waals surface area contributed by atoms with Crippen LogP contribution in [0.1, 0.15) is 27.2 Å². The van der Waals surface area contributed by atoms with E-state index in [4.69, 9.17) is 0 Å². The van der Waals surface area contributed by atoms with Crippen LogP contribution in [0.25, 0.3) is 22.4 Å². The van der Waals surface area contributed by atoms with E-state index in [1.54, 1.807) is 0 Å². The first-order chi connectivity index (χ1) is 14.3. The van der Waals surface area contributed by atoms with Crippen molar-refractivity contribution in [2.24, 2.45) is 5.92 Å². The Hall–Kier alpha value is -3.41. The summed E-state index contributed by atoms with van der Waals surface area (Å²) >= 11 is 0. The Morgan fingerprint density at radius 1 is 1.07 bits per heavy atom. The summed E-state index contributed by atoms with van der Waals surface area (Å²) in [4.78, 5) is 15.8. The van der Waals surface area contributed by atoms with Crippen LogP contribution in [0.4, 0.5) is 15.9 Å². The van der Waals surface area contributed by atoms with E-state index in [9.17, 15) is 14.3 Å². The van der Waals surface area contributed by atoms with Gasteiger partial charge < -0.3 is 15.7 Å². The molecule has 3 N–H and O–H groups in total. The van der Waals surface area contributed by atoms with Gasteiger partial charge in [-0.05, 0) is 65.9 Å². The van der Waals surface area contributed by atoms with Gasteiger partial charge in [-0.25, -0.2) is 9.37 Å². The Labute approximate surface area is 176 Å². The normalized spacial score (nSPS) is 10.8. The number of pyridine rings is 1. The molecule has 3 rings (SSSR count). The molecule has 30 heavy (non-hydrogen) atoms. The Morgan fingerprint density at radius 2 is 1.80 bits per heavy atom. The van der Waals surface area contributed by atoms with Gasteiger partial charge in [-0.15, -0.1) is 0 Å². The van der Waals surface area contributed by atoms with Gasteiger partial charge in [-0.2, -0.15) is 0 Å². The number of phenolic OH excluding ortho intramolecular Hbond substituents is 1. The highest BCUT2D eigenvalue weighted by Gasteiger charge is 2.12. The highest BCUT2D eigenvalue weighted by Crippen LogP contribution is 2.33. The lowest BCUT2D eigenvalue weighted by Gasteiger charge is -2.13. The summed E-state index contributed by atoms with van der Waals surface area (Å²) in [7, 11) is 0. The minimum atomic E-state index is -0.441. The third-order valence-corrected chi connectivity index (χ3v) is 4.63. The highest BCUT2D eigenvalue weighted by molar-refractivity contribution is 5.89. The van der Waals surface area contributed by atoms with E-state index in [-0.39, 0.29) is 11.7 Å². The third kappa shape index (κ3) is 5.56. The van der Waals surface area contributed by atoms with E-state index < -0.39 is 5.82 Å². The molecular weight excluding hydrogens is 381 g/mol. The summed E-state index contributed by atoms with van der Waals surface area (Å²) in [6.45, 7) is 6.52. The van der Waals surface area contributed by atoms with Crippen LogP contribution in [0.3, 0.4) is 0 Å². The fourth-order valence-corrected chi connectivity index (χ4v) is 3.08. The lowest BCUT2D eigenvalue weighted by Crippen LogP contribution is -2.07. The lowest BCUT2D eigenvalue weighted by molar-refractivity contribution is -0.114. The summed E-state index contributed by atoms with van der Waals surface area (Å²) in [6, 6.07) is 15.0. The van der Waals surface area contributed by atoms with Gasteiger partial charge in [-0.3, -0.25) is 4.79 Å². The number of hydrogen-bond acceptors (Lipinski definition) is 4. The predicted molar refractivity (Wildman–Crippen MR) is 119 cm³/mol. The number of nitrogens with one attached hydrogen (secondary N) is 2. The van der Waals surface area contributed by atoms with E-state index in [0.717, 1.165) is 24.1 Å². The van der Waals surface area contributed by atoms with Crippen molar-refractivity contribution in [1.82, 2.24) is 4.98 Å². The number of hydrogen-bond donors (Lipinski definition) is 3. The van der Waals surface area contributed by atoms with E-state index in [1.165, 1.54) is 25.1 Å². The molecule has 0 aliphatic carbocycles. The van der Waals surface area contributed by atoms with Crippen LogP contribution in [0.2, 0.25) is 0 Å². The fraction of sp³-hybridized carbons (Fsp3) is 0.250. The van der Waals surface area contributed by atoms with Crippen molar-refractivity contribution in [3.63, 3.8) is 0 Å². The molecule has 0 spiro atoms. The highest BCUT2D eigenvalue weighted by atomic mass is 19.1. The number of halogens is 1. The molecule has 1 amide bonds. The van der Waals surface area contributed by atoms with Gasteiger partial charge >= 0.3 is 0 Å². The average Bonchev–Trinajstić information content (AvgIpc) is 2.69. The van der Waals surface area contributed by atoms with Gasteiger partial charge in [0.25, 0.3) is 0 Å². The molecule has 0 unspecified atom stereocenters. The first-order valence-corrected chi connectivity index (χ1v) is 9.94. The van der Waals surface area contributed by atoms with E-state index in [0.29, 0.717) is 28.7 Å². The molecule has 2 aromatic carbocycles. The molecular formula is C24H26FN3O2. The van der Waals surface area contributed by atoms with Crippen molar-refractivity contribution in [2.75, 3.05) is 17.2 Å². The van der Waals surface area contributed by atoms with Crippen LogP contribution < -0.4 is 10.6 Å². The zero-order valence-corrected chi connectivity index (χ0v) is 17.4. The molecule has 5 nitrogen and oxygen atoms in total. The van der Waals surface area contributed by atoms with Crippen LogP contribution in [-0.2, 0) is 4.79 Å². The van der Waals surface area contributed by atoms with E-state index >= 15 is 0 Å². The van der Waals surface area contributed by atoms with E-state index in [2.05, 4.69) is 29.5 Å². The van der Waals surface area contributed by atoms with Gasteiger partial charge in [0.15, 0.2) is 0 Å². The Kier molecular flexibility index (Phi) is 6.67. The van der Waals surface area contributed by atoms with Crippen LogP contribution in [-0.4, -0.2) is 22.5 Å². The molecule has 1 aromatic heterocycles. The van der Waals surface area contributed by atoms with Gasteiger partial charge in [0.2, 0.25) is 5.91 Å². The number of nitrogens with zero attached hydrogens (tertiary/aromatic N) is 1. The van der Waals surface area contributed by atoms with Crippen LogP contribution >= 0.6 is 0 Å². The zero-order valence-electron chi connectivity index (χ0n) is 17.4. The van der Waals surface area contributed by atoms with Gasteiger partial charge in [0.1, 0.15) is 17.4 Å². The molecule has 0 atom stereocenters. The summed E-state index contributed by atoms with van der Waals surface area (Å²) < 4.78 is 13.8. The minimum absolute atomic E-state index is 0.0322. The second-order valence-electron chi connectivity index (χ2n) is 7.66. The van der Waals surface area contributed by atoms with Crippen molar-refractivity contribution in [1.29, 1.82) is 0 Å². The molecule has 0 fully saturated rings. The van der Waals surface area contributed by atoms with Crippen LogP contribution in [0, 0.1) is 11.7 Å². The molecule has 0 saturated carbocycles. The maximum absolute atomic E-state index is 13.8. The van der Waals surface area contributed by atoms with Crippen molar-refractivity contribution >= 4 is 17.4 Å². The molecule has 0 aliphatic rings. The lowest BCUT2D eigenvalue weighted by atomic mass is 10.0. The first-order valence-electron chi connectivity index (χ1n) is 9.94. The van der Waals surface area contributed by atoms with Crippen LogP contribution in [0.5, 0.6) is 5.75 Å². The smallest absolute Gasteiger partial charge is 0.221 e. The van der Waals surface area contributed by atoms with Crippen molar-refractivity contribution in [3.8, 4) is 28.1 Å². The largest absolute Gasteiger partial charge is 0.507 e. The molecule has 0 saturated heterocycles. The van der Waals surface area contributed by atoms with Crippen molar-refractivity contribution in [2.45, 2.75) is 27.2 Å². The van der Waals surface area contributed by atoms with Crippen molar-refractivity contribution in [3.05, 3.63) is 60.4 Å². The zero-order chi connectivity index (χ0) is 21.7. The average molecular weight is 407 g/mol. The minimum Gasteiger partial charge on any atom is -0.507 e. The van der Waals surface area contributed by atoms with Crippen molar-refractivity contribution < 1.29 is 14.3 Å². The Balaban J connectivity index is 2.00. The number of rotatable bonds is 7. The monoisotopic (exact) mass is 407 g/mol. The number of aromatic hydroxyl groups is 1. The second-order valence-corrected chi connectivity index (χ2v) is 7.66. The molecule has 0 radical (unpaired) electrons. The molecule has 156 valence electrons. The number of carbonyl (C=O) groups is 1. The summed E-state index contributed by atoms with van der Waals surface area (Å²) in [5.41, 5.74) is 3.29. The quantitative estimate of drug-likeness (QED) is 0.471. The number of amides is 1. The maximum atomic E-state index is 13.8.